The van der Waals surface area contributed by atoms with Crippen LogP contribution in [0.25, 0.3) is 0 Å². The lowest BCUT2D eigenvalue weighted by molar-refractivity contribution is -0.122. The molecular weight excluding hydrogens is 376 g/mol. The first-order chi connectivity index (χ1) is 13.9. The van der Waals surface area contributed by atoms with Crippen LogP contribution in [0.1, 0.15) is 32.1 Å². The Hall–Kier alpha value is -3.42. The molecule has 4 rings (SSSR count). The fourth-order valence-electron chi connectivity index (χ4n) is 4.39. The van der Waals surface area contributed by atoms with Gasteiger partial charge >= 0.3 is 11.9 Å². The number of amides is 2. The molecule has 29 heavy (non-hydrogen) atoms. The summed E-state index contributed by atoms with van der Waals surface area (Å²) in [6.45, 7) is 1.90. The topological polar surface area (TPSA) is 94.9 Å². The van der Waals surface area contributed by atoms with E-state index in [1.807, 2.05) is 6.07 Å². The molecule has 2 aliphatic rings. The smallest absolute Gasteiger partial charge is 0.340 e. The molecule has 8 nitrogen and oxygen atoms in total. The Bertz CT molecular complexity index is 1040. The van der Waals surface area contributed by atoms with E-state index in [1.54, 1.807) is 35.8 Å². The summed E-state index contributed by atoms with van der Waals surface area (Å²) in [5, 5.41) is 0. The molecule has 1 aromatic heterocycles. The molecule has 3 heterocycles. The van der Waals surface area contributed by atoms with E-state index in [0.29, 0.717) is 17.1 Å². The van der Waals surface area contributed by atoms with Gasteiger partial charge in [-0.05, 0) is 19.1 Å². The van der Waals surface area contributed by atoms with E-state index in [2.05, 4.69) is 0 Å². The molecule has 8 heteroatoms. The van der Waals surface area contributed by atoms with Crippen molar-refractivity contribution in [3.8, 4) is 0 Å². The van der Waals surface area contributed by atoms with Crippen LogP contribution in [-0.2, 0) is 32.0 Å². The number of methoxy groups -OCH3 is 2. The lowest BCUT2D eigenvalue weighted by Gasteiger charge is -2.25. The molecule has 2 aliphatic heterocycles. The van der Waals surface area contributed by atoms with Gasteiger partial charge in [0.2, 0.25) is 11.8 Å². The average Bonchev–Trinajstić information content (AvgIpc) is 3.17. The Kier molecular flexibility index (Phi) is 4.49. The fraction of sp³-hybridized carbons (Fsp3) is 0.333. The summed E-state index contributed by atoms with van der Waals surface area (Å²) in [6.07, 6.45) is 0.168. The molecule has 1 aromatic carbocycles. The van der Waals surface area contributed by atoms with Crippen LogP contribution in [0.5, 0.6) is 0 Å². The van der Waals surface area contributed by atoms with Crippen molar-refractivity contribution in [2.45, 2.75) is 19.9 Å². The second-order valence-corrected chi connectivity index (χ2v) is 7.14. The first kappa shape index (κ1) is 18.9. The first-order valence-corrected chi connectivity index (χ1v) is 9.22. The minimum atomic E-state index is -0.669. The van der Waals surface area contributed by atoms with Gasteiger partial charge in [0.1, 0.15) is 0 Å². The minimum absolute atomic E-state index is 0.105. The number of para-hydroxylation sites is 1. The number of benzene rings is 1. The van der Waals surface area contributed by atoms with Crippen molar-refractivity contribution < 1.29 is 28.7 Å². The van der Waals surface area contributed by atoms with Crippen molar-refractivity contribution in [1.82, 2.24) is 4.57 Å². The van der Waals surface area contributed by atoms with Crippen LogP contribution in [-0.4, -0.2) is 42.5 Å². The Morgan fingerprint density at radius 1 is 0.931 bits per heavy atom. The van der Waals surface area contributed by atoms with Gasteiger partial charge < -0.3 is 14.0 Å². The highest BCUT2D eigenvalue weighted by molar-refractivity contribution is 6.22. The zero-order chi connectivity index (χ0) is 20.9. The standard InChI is InChI=1S/C21H20N2O6/c1-11-16(20(26)28-2)17(21(27)29-3)15-9-13-14(10-22(11)15)19(25)23(18(13)24)12-7-5-4-6-8-12/h4-8,13-14H,9-10H2,1-3H3. The third-order valence-corrected chi connectivity index (χ3v) is 5.78. The molecule has 0 N–H and O–H groups in total. The Morgan fingerprint density at radius 3 is 2.14 bits per heavy atom. The highest BCUT2D eigenvalue weighted by Gasteiger charge is 2.52. The number of nitrogens with zero attached hydrogens (tertiary/aromatic N) is 2. The number of esters is 2. The van der Waals surface area contributed by atoms with Crippen LogP contribution < -0.4 is 4.90 Å². The maximum Gasteiger partial charge on any atom is 0.340 e. The van der Waals surface area contributed by atoms with E-state index in [-0.39, 0.29) is 35.9 Å². The molecule has 150 valence electrons. The molecule has 1 saturated heterocycles. The number of imide groups is 1. The number of anilines is 1. The second kappa shape index (κ2) is 6.88. The van der Waals surface area contributed by atoms with Gasteiger partial charge in [-0.2, -0.15) is 0 Å². The monoisotopic (exact) mass is 396 g/mol. The molecule has 0 saturated carbocycles. The number of hydrogen-bond acceptors (Lipinski definition) is 6. The number of rotatable bonds is 3. The SMILES string of the molecule is COC(=O)c1c(C(=O)OC)c2n(c1C)CC1C(=O)N(c3ccccc3)C(=O)C1C2. The average molecular weight is 396 g/mol. The lowest BCUT2D eigenvalue weighted by Crippen LogP contribution is -2.32. The summed E-state index contributed by atoms with van der Waals surface area (Å²) < 4.78 is 11.5. The lowest BCUT2D eigenvalue weighted by atomic mass is 9.86. The Morgan fingerprint density at radius 2 is 1.52 bits per heavy atom. The maximum absolute atomic E-state index is 13.1. The molecule has 1 fully saturated rings. The van der Waals surface area contributed by atoms with Crippen LogP contribution in [0.4, 0.5) is 5.69 Å². The van der Waals surface area contributed by atoms with Gasteiger partial charge in [0, 0.05) is 24.4 Å². The van der Waals surface area contributed by atoms with Crippen molar-refractivity contribution in [3.05, 3.63) is 52.8 Å². The van der Waals surface area contributed by atoms with Gasteiger partial charge in [-0.3, -0.25) is 9.59 Å². The van der Waals surface area contributed by atoms with Crippen molar-refractivity contribution >= 4 is 29.4 Å². The predicted molar refractivity (Wildman–Crippen MR) is 101 cm³/mol. The fourth-order valence-corrected chi connectivity index (χ4v) is 4.39. The summed E-state index contributed by atoms with van der Waals surface area (Å²) in [5.74, 6) is -3.05. The number of carbonyl (C=O) groups is 4. The van der Waals surface area contributed by atoms with Crippen LogP contribution in [0.15, 0.2) is 30.3 Å². The molecule has 0 bridgehead atoms. The quantitative estimate of drug-likeness (QED) is 0.579. The molecular formula is C21H20N2O6. The summed E-state index contributed by atoms with van der Waals surface area (Å²) in [5.41, 5.74) is 1.79. The number of ether oxygens (including phenoxy) is 2. The van der Waals surface area contributed by atoms with Crippen LogP contribution in [0.2, 0.25) is 0 Å². The van der Waals surface area contributed by atoms with E-state index >= 15 is 0 Å². The molecule has 2 atom stereocenters. The number of carbonyl (C=O) groups excluding carboxylic acids is 4. The molecule has 2 aromatic rings. The molecule has 0 radical (unpaired) electrons. The van der Waals surface area contributed by atoms with Gasteiger partial charge in [-0.1, -0.05) is 18.2 Å². The largest absolute Gasteiger partial charge is 0.465 e. The third-order valence-electron chi connectivity index (χ3n) is 5.78. The van der Waals surface area contributed by atoms with E-state index < -0.39 is 23.8 Å². The van der Waals surface area contributed by atoms with Crippen LogP contribution in [0.3, 0.4) is 0 Å². The summed E-state index contributed by atoms with van der Waals surface area (Å²) in [7, 11) is 2.47. The minimum Gasteiger partial charge on any atom is -0.465 e. The van der Waals surface area contributed by atoms with Crippen molar-refractivity contribution in [2.24, 2.45) is 11.8 Å². The highest BCUT2D eigenvalue weighted by Crippen LogP contribution is 2.40. The van der Waals surface area contributed by atoms with E-state index in [1.165, 1.54) is 19.1 Å². The second-order valence-electron chi connectivity index (χ2n) is 7.14. The van der Waals surface area contributed by atoms with Crippen LogP contribution in [0, 0.1) is 18.8 Å². The van der Waals surface area contributed by atoms with Gasteiger partial charge in [0.25, 0.3) is 0 Å². The van der Waals surface area contributed by atoms with Gasteiger partial charge in [-0.15, -0.1) is 0 Å². The van der Waals surface area contributed by atoms with Gasteiger partial charge in [0.15, 0.2) is 0 Å². The van der Waals surface area contributed by atoms with Gasteiger partial charge in [-0.25, -0.2) is 14.5 Å². The highest BCUT2D eigenvalue weighted by atomic mass is 16.5. The summed E-state index contributed by atoms with van der Waals surface area (Å²) in [4.78, 5) is 52.1. The summed E-state index contributed by atoms with van der Waals surface area (Å²) in [6, 6.07) is 8.78. The van der Waals surface area contributed by atoms with Crippen LogP contribution >= 0.6 is 0 Å². The Labute approximate surface area is 167 Å². The number of aromatic nitrogens is 1. The number of fused-ring (bicyclic) bond motifs is 2. The maximum atomic E-state index is 13.1. The summed E-state index contributed by atoms with van der Waals surface area (Å²) >= 11 is 0. The zero-order valence-electron chi connectivity index (χ0n) is 16.3. The molecule has 2 unspecified atom stereocenters. The zero-order valence-corrected chi connectivity index (χ0v) is 16.3. The molecule has 0 spiro atoms. The van der Waals surface area contributed by atoms with E-state index in [9.17, 15) is 19.2 Å². The molecule has 0 aliphatic carbocycles. The predicted octanol–water partition coefficient (Wildman–Crippen LogP) is 1.73. The van der Waals surface area contributed by atoms with Crippen molar-refractivity contribution in [3.63, 3.8) is 0 Å². The van der Waals surface area contributed by atoms with Crippen molar-refractivity contribution in [1.29, 1.82) is 0 Å². The Balaban J connectivity index is 1.80. The number of hydrogen-bond donors (Lipinski definition) is 0. The van der Waals surface area contributed by atoms with E-state index in [4.69, 9.17) is 9.47 Å². The van der Waals surface area contributed by atoms with Crippen molar-refractivity contribution in [2.75, 3.05) is 19.1 Å². The third kappa shape index (κ3) is 2.66. The first-order valence-electron chi connectivity index (χ1n) is 9.22. The van der Waals surface area contributed by atoms with E-state index in [0.717, 1.165) is 0 Å². The molecule has 2 amide bonds. The normalized spacial score (nSPS) is 20.3. The van der Waals surface area contributed by atoms with Gasteiger partial charge in [0.05, 0.1) is 42.9 Å².